The molecule has 6 nitrogen and oxygen atoms in total. The third kappa shape index (κ3) is 4.55. The second kappa shape index (κ2) is 8.44. The number of nitrogens with one attached hydrogen (secondary N) is 1. The van der Waals surface area contributed by atoms with Gasteiger partial charge in [0, 0.05) is 16.8 Å². The number of aliphatic hydroxyl groups is 1. The van der Waals surface area contributed by atoms with E-state index in [1.807, 2.05) is 6.07 Å². The highest BCUT2D eigenvalue weighted by atomic mass is 32.1. The van der Waals surface area contributed by atoms with Crippen LogP contribution >= 0.6 is 12.6 Å². The fourth-order valence-corrected chi connectivity index (χ4v) is 4.24. The first-order valence-corrected chi connectivity index (χ1v) is 10.2. The SMILES string of the molecule is CC(C)(O)c1ccc(S)cn1.N#Cc1c2c(c(NC(N)=O)c3c1CCC3)CCC2. The van der Waals surface area contributed by atoms with Gasteiger partial charge in [0.15, 0.2) is 0 Å². The van der Waals surface area contributed by atoms with Gasteiger partial charge in [-0.2, -0.15) is 5.26 Å². The molecule has 4 N–H and O–H groups in total. The minimum atomic E-state index is -0.860. The average molecular weight is 411 g/mol. The first-order valence-electron chi connectivity index (χ1n) is 9.76. The number of urea groups is 1. The molecule has 2 aromatic rings. The van der Waals surface area contributed by atoms with Gasteiger partial charge in [0.2, 0.25) is 0 Å². The molecule has 0 saturated carbocycles. The van der Waals surface area contributed by atoms with Crippen molar-refractivity contribution >= 4 is 24.3 Å². The normalized spacial score (nSPS) is 14.3. The number of thiol groups is 1. The molecule has 4 rings (SSSR count). The largest absolute Gasteiger partial charge is 0.384 e. The molecule has 2 aliphatic carbocycles. The van der Waals surface area contributed by atoms with Crippen molar-refractivity contribution in [1.29, 1.82) is 5.26 Å². The number of nitriles is 1. The van der Waals surface area contributed by atoms with Crippen molar-refractivity contribution in [3.05, 3.63) is 51.8 Å². The number of pyridine rings is 1. The molecule has 0 atom stereocenters. The summed E-state index contributed by atoms with van der Waals surface area (Å²) in [7, 11) is 0. The molecule has 152 valence electrons. The molecule has 0 aliphatic heterocycles. The number of primary amides is 1. The van der Waals surface area contributed by atoms with E-state index in [1.54, 1.807) is 26.1 Å². The van der Waals surface area contributed by atoms with Crippen molar-refractivity contribution in [3.8, 4) is 6.07 Å². The Morgan fingerprint density at radius 2 is 1.72 bits per heavy atom. The van der Waals surface area contributed by atoms with Crippen LogP contribution in [-0.4, -0.2) is 16.1 Å². The van der Waals surface area contributed by atoms with Crippen molar-refractivity contribution in [2.24, 2.45) is 5.73 Å². The predicted octanol–water partition coefficient (Wildman–Crippen LogP) is 3.62. The Bertz CT molecular complexity index is 937. The summed E-state index contributed by atoms with van der Waals surface area (Å²) in [4.78, 5) is 16.0. The van der Waals surface area contributed by atoms with E-state index in [4.69, 9.17) is 5.73 Å². The number of hydrogen-bond acceptors (Lipinski definition) is 5. The summed E-state index contributed by atoms with van der Waals surface area (Å²) >= 11 is 4.08. The van der Waals surface area contributed by atoms with Crippen LogP contribution in [0.3, 0.4) is 0 Å². The van der Waals surface area contributed by atoms with Gasteiger partial charge >= 0.3 is 6.03 Å². The Balaban J connectivity index is 0.000000188. The van der Waals surface area contributed by atoms with E-state index in [0.29, 0.717) is 5.69 Å². The number of nitrogens with two attached hydrogens (primary N) is 1. The molecular formula is C22H26N4O2S. The molecular weight excluding hydrogens is 384 g/mol. The zero-order valence-corrected chi connectivity index (χ0v) is 17.6. The van der Waals surface area contributed by atoms with Crippen LogP contribution in [0.4, 0.5) is 10.5 Å². The van der Waals surface area contributed by atoms with Crippen molar-refractivity contribution in [2.75, 3.05) is 5.32 Å². The van der Waals surface area contributed by atoms with Crippen LogP contribution in [0.25, 0.3) is 0 Å². The number of aromatic nitrogens is 1. The van der Waals surface area contributed by atoms with E-state index in [0.717, 1.165) is 76.9 Å². The summed E-state index contributed by atoms with van der Waals surface area (Å²) in [6.45, 7) is 3.40. The maximum atomic E-state index is 11.2. The van der Waals surface area contributed by atoms with Crippen molar-refractivity contribution in [1.82, 2.24) is 4.98 Å². The summed E-state index contributed by atoms with van der Waals surface area (Å²) in [5.74, 6) is 0. The lowest BCUT2D eigenvalue weighted by molar-refractivity contribution is 0.0737. The Morgan fingerprint density at radius 3 is 2.14 bits per heavy atom. The molecule has 0 saturated heterocycles. The van der Waals surface area contributed by atoms with Crippen LogP contribution in [0.1, 0.15) is 60.2 Å². The molecule has 7 heteroatoms. The molecule has 2 aliphatic rings. The van der Waals surface area contributed by atoms with Crippen LogP contribution in [0.2, 0.25) is 0 Å². The van der Waals surface area contributed by atoms with Gasteiger partial charge in [0.1, 0.15) is 5.60 Å². The number of nitrogens with zero attached hydrogens (tertiary/aromatic N) is 2. The van der Waals surface area contributed by atoms with Crippen LogP contribution in [-0.2, 0) is 31.3 Å². The third-order valence-electron chi connectivity index (χ3n) is 5.38. The molecule has 0 fully saturated rings. The van der Waals surface area contributed by atoms with E-state index in [1.165, 1.54) is 0 Å². The lowest BCUT2D eigenvalue weighted by atomic mass is 9.93. The van der Waals surface area contributed by atoms with E-state index in [9.17, 15) is 15.2 Å². The Hall–Kier alpha value is -2.56. The lowest BCUT2D eigenvalue weighted by Gasteiger charge is -2.16. The molecule has 29 heavy (non-hydrogen) atoms. The van der Waals surface area contributed by atoms with Gasteiger partial charge in [-0.25, -0.2) is 4.79 Å². The van der Waals surface area contributed by atoms with Crippen molar-refractivity contribution < 1.29 is 9.90 Å². The average Bonchev–Trinajstić information content (AvgIpc) is 3.31. The Labute approximate surface area is 176 Å². The zero-order chi connectivity index (χ0) is 21.2. The highest BCUT2D eigenvalue weighted by molar-refractivity contribution is 7.80. The number of carbonyl (C=O) groups excluding carboxylic acids is 1. The Kier molecular flexibility index (Phi) is 6.15. The highest BCUT2D eigenvalue weighted by Crippen LogP contribution is 2.41. The first-order chi connectivity index (χ1) is 13.7. The molecule has 1 aromatic carbocycles. The number of carbonyl (C=O) groups is 1. The first kappa shape index (κ1) is 21.2. The fourth-order valence-electron chi connectivity index (χ4n) is 4.11. The van der Waals surface area contributed by atoms with Gasteiger partial charge < -0.3 is 16.2 Å². The quantitative estimate of drug-likeness (QED) is 0.566. The lowest BCUT2D eigenvalue weighted by Crippen LogP contribution is -2.21. The molecule has 0 bridgehead atoms. The summed E-state index contributed by atoms with van der Waals surface area (Å²) in [6, 6.07) is 5.43. The van der Waals surface area contributed by atoms with Crippen molar-refractivity contribution in [2.45, 2.75) is 62.9 Å². The van der Waals surface area contributed by atoms with Gasteiger partial charge in [-0.3, -0.25) is 4.98 Å². The molecule has 2 amide bonds. The molecule has 1 aromatic heterocycles. The highest BCUT2D eigenvalue weighted by Gasteiger charge is 2.29. The maximum absolute atomic E-state index is 11.2. The van der Waals surface area contributed by atoms with E-state index < -0.39 is 11.6 Å². The topological polar surface area (TPSA) is 112 Å². The summed E-state index contributed by atoms with van der Waals surface area (Å²) < 4.78 is 0. The second-order valence-electron chi connectivity index (χ2n) is 7.93. The van der Waals surface area contributed by atoms with E-state index >= 15 is 0 Å². The van der Waals surface area contributed by atoms with Gasteiger partial charge in [0.25, 0.3) is 0 Å². The molecule has 0 radical (unpaired) electrons. The van der Waals surface area contributed by atoms with E-state index in [-0.39, 0.29) is 0 Å². The smallest absolute Gasteiger partial charge is 0.316 e. The van der Waals surface area contributed by atoms with Crippen LogP contribution < -0.4 is 11.1 Å². The van der Waals surface area contributed by atoms with Gasteiger partial charge in [0.05, 0.1) is 17.3 Å². The molecule has 1 heterocycles. The van der Waals surface area contributed by atoms with Crippen LogP contribution in [0, 0.1) is 11.3 Å². The standard InChI is InChI=1S/C14H15N3O.C8H11NOS/c15-7-12-8-3-1-5-10(8)13(17-14(16)18)11-6-2-4-9(11)12;1-8(2,10)7-4-3-6(11)5-9-7/h1-6H2,(H3,16,17,18);3-5,10-11H,1-2H3. The minimum Gasteiger partial charge on any atom is -0.384 e. The van der Waals surface area contributed by atoms with Crippen LogP contribution in [0.5, 0.6) is 0 Å². The predicted molar refractivity (Wildman–Crippen MR) is 115 cm³/mol. The van der Waals surface area contributed by atoms with E-state index in [2.05, 4.69) is 29.0 Å². The Morgan fingerprint density at radius 1 is 1.17 bits per heavy atom. The van der Waals surface area contributed by atoms with Gasteiger partial charge in [-0.1, -0.05) is 0 Å². The van der Waals surface area contributed by atoms with Crippen molar-refractivity contribution in [3.63, 3.8) is 0 Å². The summed E-state index contributed by atoms with van der Waals surface area (Å²) in [5.41, 5.74) is 11.4. The maximum Gasteiger partial charge on any atom is 0.316 e. The summed E-state index contributed by atoms with van der Waals surface area (Å²) in [5, 5.41) is 21.7. The van der Waals surface area contributed by atoms with Crippen LogP contribution in [0.15, 0.2) is 23.2 Å². The molecule has 0 unspecified atom stereocenters. The van der Waals surface area contributed by atoms with Gasteiger partial charge in [-0.05, 0) is 86.8 Å². The number of fused-ring (bicyclic) bond motifs is 2. The third-order valence-corrected chi connectivity index (χ3v) is 5.64. The van der Waals surface area contributed by atoms with Gasteiger partial charge in [-0.15, -0.1) is 12.6 Å². The number of amides is 2. The zero-order valence-electron chi connectivity index (χ0n) is 16.7. The molecule has 0 spiro atoms. The number of hydrogen-bond donors (Lipinski definition) is 4. The summed E-state index contributed by atoms with van der Waals surface area (Å²) in [6.07, 6.45) is 7.49. The second-order valence-corrected chi connectivity index (χ2v) is 8.45. The monoisotopic (exact) mass is 410 g/mol. The fraction of sp³-hybridized carbons (Fsp3) is 0.409. The number of anilines is 1. The number of benzene rings is 1. The number of rotatable bonds is 2. The minimum absolute atomic E-state index is 0.511.